The molecule has 4 nitrogen and oxygen atoms in total. The van der Waals surface area contributed by atoms with Crippen molar-refractivity contribution in [1.82, 2.24) is 9.63 Å². The third-order valence-corrected chi connectivity index (χ3v) is 8.04. The number of aromatic nitrogens is 1. The van der Waals surface area contributed by atoms with Crippen molar-refractivity contribution >= 4 is 33.3 Å². The molecule has 1 aliphatic heterocycles. The van der Waals surface area contributed by atoms with Crippen LogP contribution in [0.3, 0.4) is 0 Å². The summed E-state index contributed by atoms with van der Waals surface area (Å²) >= 11 is 0. The number of hydrogen-bond donors (Lipinski definition) is 0. The Hall–Kier alpha value is -2.59. The van der Waals surface area contributed by atoms with Gasteiger partial charge in [-0.15, -0.1) is 5.06 Å². The Balaban J connectivity index is 2.24. The van der Waals surface area contributed by atoms with Crippen LogP contribution in [-0.2, 0) is 16.7 Å². The summed E-state index contributed by atoms with van der Waals surface area (Å²) in [6, 6.07) is -0.0660. The molecule has 1 aliphatic rings. The summed E-state index contributed by atoms with van der Waals surface area (Å²) < 4.78 is 2.38. The van der Waals surface area contributed by atoms with E-state index in [1.807, 2.05) is 14.0 Å². The molecule has 0 aliphatic carbocycles. The predicted octanol–water partition coefficient (Wildman–Crippen LogP) is 6.06. The molecule has 0 spiro atoms. The first kappa shape index (κ1) is 21.6. The van der Waals surface area contributed by atoms with Crippen molar-refractivity contribution in [3.05, 3.63) is 50.1 Å². The van der Waals surface area contributed by atoms with E-state index in [-0.39, 0.29) is 12.0 Å². The molecule has 0 saturated carbocycles. The number of carbonyl (C=O) groups is 1. The van der Waals surface area contributed by atoms with Gasteiger partial charge in [-0.3, -0.25) is 0 Å². The lowest BCUT2D eigenvalue weighted by molar-refractivity contribution is -0.167. The Morgan fingerprint density at radius 1 is 0.742 bits per heavy atom. The molecule has 1 atom stereocenters. The van der Waals surface area contributed by atoms with Crippen LogP contribution in [0, 0.1) is 48.5 Å². The van der Waals surface area contributed by atoms with Crippen LogP contribution in [0.15, 0.2) is 5.57 Å². The van der Waals surface area contributed by atoms with Gasteiger partial charge in [-0.2, -0.15) is 0 Å². The Bertz CT molecular complexity index is 1340. The Kier molecular flexibility index (Phi) is 4.86. The van der Waals surface area contributed by atoms with E-state index in [0.29, 0.717) is 0 Å². The molecule has 1 aromatic heterocycles. The van der Waals surface area contributed by atoms with Gasteiger partial charge >= 0.3 is 5.97 Å². The standard InChI is InChI=1S/C27H34N2O2/c1-12-13(2)16(5)25-23(14(12)3)24-19(8)21(15(4)17(6)26(24)28(25)10)18(7)22-20(9)29(11)31-27(22)30/h20H,1-11H3/b22-18+. The van der Waals surface area contributed by atoms with E-state index < -0.39 is 0 Å². The zero-order valence-corrected chi connectivity index (χ0v) is 20.8. The Morgan fingerprint density at radius 2 is 1.23 bits per heavy atom. The first-order valence-electron chi connectivity index (χ1n) is 11.1. The summed E-state index contributed by atoms with van der Waals surface area (Å²) in [6.45, 7) is 19.6. The van der Waals surface area contributed by atoms with Gasteiger partial charge in [0.1, 0.15) is 0 Å². The van der Waals surface area contributed by atoms with Gasteiger partial charge < -0.3 is 9.40 Å². The molecule has 1 fully saturated rings. The predicted molar refractivity (Wildman–Crippen MR) is 129 cm³/mol. The van der Waals surface area contributed by atoms with Crippen molar-refractivity contribution in [2.75, 3.05) is 7.05 Å². The van der Waals surface area contributed by atoms with Crippen molar-refractivity contribution in [2.45, 2.75) is 68.4 Å². The molecule has 2 heterocycles. The number of likely N-dealkylation sites (N-methyl/N-ethyl adjacent to an activating group) is 1. The van der Waals surface area contributed by atoms with E-state index in [1.54, 1.807) is 5.06 Å². The fourth-order valence-electron chi connectivity index (χ4n) is 5.77. The highest BCUT2D eigenvalue weighted by Crippen LogP contribution is 2.43. The van der Waals surface area contributed by atoms with Crippen molar-refractivity contribution in [3.63, 3.8) is 0 Å². The molecule has 31 heavy (non-hydrogen) atoms. The van der Waals surface area contributed by atoms with Crippen LogP contribution >= 0.6 is 0 Å². The Morgan fingerprint density at radius 3 is 1.74 bits per heavy atom. The molecule has 4 heteroatoms. The van der Waals surface area contributed by atoms with Crippen LogP contribution < -0.4 is 0 Å². The average Bonchev–Trinajstić information content (AvgIpc) is 3.15. The molecule has 4 rings (SSSR count). The van der Waals surface area contributed by atoms with Crippen LogP contribution in [0.25, 0.3) is 27.4 Å². The number of hydroxylamine groups is 2. The molecule has 0 radical (unpaired) electrons. The van der Waals surface area contributed by atoms with E-state index in [0.717, 1.165) is 11.1 Å². The molecule has 164 valence electrons. The molecule has 0 bridgehead atoms. The highest BCUT2D eigenvalue weighted by atomic mass is 16.7. The second kappa shape index (κ2) is 6.96. The van der Waals surface area contributed by atoms with Crippen molar-refractivity contribution < 1.29 is 9.63 Å². The summed E-state index contributed by atoms with van der Waals surface area (Å²) in [5, 5.41) is 4.30. The van der Waals surface area contributed by atoms with Crippen LogP contribution in [0.5, 0.6) is 0 Å². The maximum Gasteiger partial charge on any atom is 0.354 e. The van der Waals surface area contributed by atoms with Gasteiger partial charge in [-0.05, 0) is 112 Å². The average molecular weight is 419 g/mol. The van der Waals surface area contributed by atoms with Gasteiger partial charge in [-0.25, -0.2) is 4.79 Å². The van der Waals surface area contributed by atoms with E-state index in [9.17, 15) is 4.79 Å². The van der Waals surface area contributed by atoms with Crippen molar-refractivity contribution in [2.24, 2.45) is 7.05 Å². The molecular formula is C27H34N2O2. The van der Waals surface area contributed by atoms with Crippen LogP contribution in [-0.4, -0.2) is 28.7 Å². The van der Waals surface area contributed by atoms with Crippen LogP contribution in [0.1, 0.15) is 58.4 Å². The molecular weight excluding hydrogens is 384 g/mol. The summed E-state index contributed by atoms with van der Waals surface area (Å²) in [5.74, 6) is -0.236. The maximum absolute atomic E-state index is 12.7. The zero-order valence-electron chi connectivity index (χ0n) is 20.8. The summed E-state index contributed by atoms with van der Waals surface area (Å²) in [7, 11) is 4.01. The minimum atomic E-state index is -0.236. The fraction of sp³-hybridized carbons (Fsp3) is 0.444. The van der Waals surface area contributed by atoms with E-state index >= 15 is 0 Å². The lowest BCUT2D eigenvalue weighted by Gasteiger charge is -2.19. The minimum absolute atomic E-state index is 0.0660. The normalized spacial score (nSPS) is 19.1. The first-order valence-corrected chi connectivity index (χ1v) is 11.1. The molecule has 2 aromatic carbocycles. The van der Waals surface area contributed by atoms with E-state index in [4.69, 9.17) is 4.84 Å². The van der Waals surface area contributed by atoms with Gasteiger partial charge in [0.05, 0.1) is 22.6 Å². The quantitative estimate of drug-likeness (QED) is 0.451. The number of hydrogen-bond acceptors (Lipinski definition) is 3. The number of aryl methyl sites for hydroxylation is 5. The molecule has 1 saturated heterocycles. The van der Waals surface area contributed by atoms with E-state index in [1.165, 1.54) is 66.3 Å². The minimum Gasteiger partial charge on any atom is -0.364 e. The lowest BCUT2D eigenvalue weighted by Crippen LogP contribution is -2.21. The maximum atomic E-state index is 12.7. The number of nitrogens with zero attached hydrogens (tertiary/aromatic N) is 2. The number of allylic oxidation sites excluding steroid dienone is 1. The van der Waals surface area contributed by atoms with Crippen LogP contribution in [0.4, 0.5) is 0 Å². The summed E-state index contributed by atoms with van der Waals surface area (Å²) in [5.41, 5.74) is 14.8. The van der Waals surface area contributed by atoms with Gasteiger partial charge in [0.15, 0.2) is 0 Å². The number of fused-ring (bicyclic) bond motifs is 3. The third-order valence-electron chi connectivity index (χ3n) is 8.04. The molecule has 0 N–H and O–H groups in total. The fourth-order valence-corrected chi connectivity index (χ4v) is 5.77. The SMILES string of the molecule is C/C(=C1\C(=O)ON(C)C1C)c1c(C)c(C)c2c(c1C)c1c(C)c(C)c(C)c(C)c1n2C. The van der Waals surface area contributed by atoms with Gasteiger partial charge in [0.25, 0.3) is 0 Å². The number of carbonyl (C=O) groups excluding carboxylic acids is 1. The summed E-state index contributed by atoms with van der Waals surface area (Å²) in [4.78, 5) is 18.0. The highest BCUT2D eigenvalue weighted by Gasteiger charge is 2.35. The lowest BCUT2D eigenvalue weighted by atomic mass is 9.85. The Labute approximate surface area is 185 Å². The highest BCUT2D eigenvalue weighted by molar-refractivity contribution is 6.15. The van der Waals surface area contributed by atoms with Gasteiger partial charge in [0.2, 0.25) is 0 Å². The number of benzene rings is 2. The monoisotopic (exact) mass is 418 g/mol. The van der Waals surface area contributed by atoms with Crippen LogP contribution in [0.2, 0.25) is 0 Å². The summed E-state index contributed by atoms with van der Waals surface area (Å²) in [6.07, 6.45) is 0. The second-order valence-corrected chi connectivity index (χ2v) is 9.40. The first-order chi connectivity index (χ1) is 14.4. The van der Waals surface area contributed by atoms with Crippen molar-refractivity contribution in [1.29, 1.82) is 0 Å². The topological polar surface area (TPSA) is 34.5 Å². The third kappa shape index (κ3) is 2.67. The van der Waals surface area contributed by atoms with Gasteiger partial charge in [0, 0.05) is 24.9 Å². The van der Waals surface area contributed by atoms with Gasteiger partial charge in [-0.1, -0.05) is 0 Å². The number of rotatable bonds is 1. The molecule has 3 aromatic rings. The largest absolute Gasteiger partial charge is 0.364 e. The molecule has 0 amide bonds. The molecule has 1 unspecified atom stereocenters. The zero-order chi connectivity index (χ0) is 23.1. The van der Waals surface area contributed by atoms with Crippen molar-refractivity contribution in [3.8, 4) is 0 Å². The second-order valence-electron chi connectivity index (χ2n) is 9.40. The van der Waals surface area contributed by atoms with E-state index in [2.05, 4.69) is 67.0 Å². The smallest absolute Gasteiger partial charge is 0.354 e.